The molecule has 0 saturated carbocycles. The van der Waals surface area contributed by atoms with Gasteiger partial charge in [0, 0.05) is 13.1 Å². The third-order valence-corrected chi connectivity index (χ3v) is 3.24. The van der Waals surface area contributed by atoms with Crippen molar-refractivity contribution in [3.05, 3.63) is 0 Å². The second-order valence-electron chi connectivity index (χ2n) is 4.90. The monoisotopic (exact) mass is 243 g/mol. The maximum atomic E-state index is 12.0. The average molecular weight is 243 g/mol. The van der Waals surface area contributed by atoms with Crippen LogP contribution in [0.4, 0.5) is 0 Å². The van der Waals surface area contributed by atoms with E-state index in [1.54, 1.807) is 4.90 Å². The van der Waals surface area contributed by atoms with Gasteiger partial charge in [-0.3, -0.25) is 4.79 Å². The standard InChI is InChI=1S/C12H21NO4/c1-5-13(6-2)11(14)10-9(16-10)8-7-15-12(3,4)17-8/h8-10H,5-7H2,1-4H3/t8-,9-,10-/m1/s1. The van der Waals surface area contributed by atoms with E-state index in [2.05, 4.69) is 0 Å². The first-order valence-electron chi connectivity index (χ1n) is 6.24. The minimum absolute atomic E-state index is 0.0632. The number of nitrogens with zero attached hydrogens (tertiary/aromatic N) is 1. The molecule has 2 fully saturated rings. The summed E-state index contributed by atoms with van der Waals surface area (Å²) in [6.07, 6.45) is -0.586. The Morgan fingerprint density at radius 2 is 2.00 bits per heavy atom. The van der Waals surface area contributed by atoms with Crippen LogP contribution >= 0.6 is 0 Å². The molecule has 98 valence electrons. The molecule has 0 aromatic heterocycles. The summed E-state index contributed by atoms with van der Waals surface area (Å²) in [5, 5.41) is 0. The van der Waals surface area contributed by atoms with Crippen LogP contribution in [0.25, 0.3) is 0 Å². The molecule has 5 nitrogen and oxygen atoms in total. The van der Waals surface area contributed by atoms with E-state index in [9.17, 15) is 4.79 Å². The van der Waals surface area contributed by atoms with Crippen molar-refractivity contribution in [1.29, 1.82) is 0 Å². The van der Waals surface area contributed by atoms with Crippen LogP contribution in [0, 0.1) is 0 Å². The number of likely N-dealkylation sites (N-methyl/N-ethyl adjacent to an activating group) is 1. The lowest BCUT2D eigenvalue weighted by Gasteiger charge is -2.18. The van der Waals surface area contributed by atoms with Gasteiger partial charge >= 0.3 is 0 Å². The number of hydrogen-bond donors (Lipinski definition) is 0. The summed E-state index contributed by atoms with van der Waals surface area (Å²) in [6.45, 7) is 9.62. The van der Waals surface area contributed by atoms with E-state index in [4.69, 9.17) is 14.2 Å². The summed E-state index contributed by atoms with van der Waals surface area (Å²) in [5.41, 5.74) is 0. The second-order valence-corrected chi connectivity index (χ2v) is 4.90. The first-order chi connectivity index (χ1) is 7.98. The molecule has 2 rings (SSSR count). The second kappa shape index (κ2) is 4.55. The minimum Gasteiger partial charge on any atom is -0.356 e. The lowest BCUT2D eigenvalue weighted by molar-refractivity contribution is -0.140. The smallest absolute Gasteiger partial charge is 0.254 e. The van der Waals surface area contributed by atoms with Gasteiger partial charge in [0.25, 0.3) is 5.91 Å². The molecular weight excluding hydrogens is 222 g/mol. The molecule has 17 heavy (non-hydrogen) atoms. The van der Waals surface area contributed by atoms with E-state index in [0.717, 1.165) is 13.1 Å². The van der Waals surface area contributed by atoms with E-state index in [1.807, 2.05) is 27.7 Å². The van der Waals surface area contributed by atoms with Crippen molar-refractivity contribution in [3.8, 4) is 0 Å². The molecule has 2 saturated heterocycles. The fourth-order valence-electron chi connectivity index (χ4n) is 2.20. The van der Waals surface area contributed by atoms with Gasteiger partial charge in [-0.25, -0.2) is 0 Å². The normalized spacial score (nSPS) is 34.7. The number of ether oxygens (including phenoxy) is 3. The van der Waals surface area contributed by atoms with Gasteiger partial charge in [-0.1, -0.05) is 0 Å². The van der Waals surface area contributed by atoms with E-state index in [1.165, 1.54) is 0 Å². The predicted octanol–water partition coefficient (Wildman–Crippen LogP) is 0.774. The molecule has 3 atom stereocenters. The van der Waals surface area contributed by atoms with Crippen molar-refractivity contribution < 1.29 is 19.0 Å². The maximum absolute atomic E-state index is 12.0. The zero-order valence-electron chi connectivity index (χ0n) is 10.9. The van der Waals surface area contributed by atoms with Crippen LogP contribution in [0.3, 0.4) is 0 Å². The number of epoxide rings is 1. The first-order valence-corrected chi connectivity index (χ1v) is 6.24. The Labute approximate surface area is 102 Å². The Bertz CT molecular complexity index is 301. The molecular formula is C12H21NO4. The fourth-order valence-corrected chi connectivity index (χ4v) is 2.20. The van der Waals surface area contributed by atoms with Crippen molar-refractivity contribution in [1.82, 2.24) is 4.90 Å². The summed E-state index contributed by atoms with van der Waals surface area (Å²) < 4.78 is 16.6. The van der Waals surface area contributed by atoms with Crippen LogP contribution < -0.4 is 0 Å². The lowest BCUT2D eigenvalue weighted by atomic mass is 10.2. The van der Waals surface area contributed by atoms with Crippen molar-refractivity contribution in [2.75, 3.05) is 19.7 Å². The molecule has 0 aromatic carbocycles. The molecule has 5 heteroatoms. The van der Waals surface area contributed by atoms with E-state index >= 15 is 0 Å². The third-order valence-electron chi connectivity index (χ3n) is 3.24. The first kappa shape index (κ1) is 12.8. The quantitative estimate of drug-likeness (QED) is 0.684. The lowest BCUT2D eigenvalue weighted by Crippen LogP contribution is -2.36. The minimum atomic E-state index is -0.556. The number of carbonyl (C=O) groups is 1. The van der Waals surface area contributed by atoms with Crippen molar-refractivity contribution in [2.24, 2.45) is 0 Å². The number of amides is 1. The molecule has 0 aromatic rings. The Kier molecular flexibility index (Phi) is 3.43. The molecule has 0 unspecified atom stereocenters. The van der Waals surface area contributed by atoms with Gasteiger partial charge in [0.1, 0.15) is 12.2 Å². The van der Waals surface area contributed by atoms with Crippen LogP contribution in [-0.2, 0) is 19.0 Å². The van der Waals surface area contributed by atoms with Crippen LogP contribution in [0.5, 0.6) is 0 Å². The van der Waals surface area contributed by atoms with Crippen LogP contribution in [0.2, 0.25) is 0 Å². The number of rotatable bonds is 4. The van der Waals surface area contributed by atoms with E-state index in [0.29, 0.717) is 6.61 Å². The summed E-state index contributed by atoms with van der Waals surface area (Å²) >= 11 is 0. The van der Waals surface area contributed by atoms with Crippen LogP contribution in [-0.4, -0.2) is 54.6 Å². The zero-order valence-corrected chi connectivity index (χ0v) is 10.9. The summed E-state index contributed by atoms with van der Waals surface area (Å²) in [4.78, 5) is 13.8. The molecule has 2 heterocycles. The van der Waals surface area contributed by atoms with Gasteiger partial charge in [-0.15, -0.1) is 0 Å². The van der Waals surface area contributed by atoms with E-state index < -0.39 is 5.79 Å². The molecule has 0 aliphatic carbocycles. The Balaban J connectivity index is 1.87. The van der Waals surface area contributed by atoms with Crippen LogP contribution in [0.1, 0.15) is 27.7 Å². The molecule has 2 aliphatic heterocycles. The molecule has 2 aliphatic rings. The Morgan fingerprint density at radius 3 is 2.47 bits per heavy atom. The number of hydrogen-bond acceptors (Lipinski definition) is 4. The predicted molar refractivity (Wildman–Crippen MR) is 61.5 cm³/mol. The molecule has 0 bridgehead atoms. The maximum Gasteiger partial charge on any atom is 0.254 e. The van der Waals surface area contributed by atoms with Crippen molar-refractivity contribution in [2.45, 2.75) is 51.8 Å². The number of carbonyl (C=O) groups excluding carboxylic acids is 1. The molecule has 0 spiro atoms. The zero-order chi connectivity index (χ0) is 12.6. The molecule has 0 radical (unpaired) electrons. The highest BCUT2D eigenvalue weighted by molar-refractivity contribution is 5.83. The highest BCUT2D eigenvalue weighted by Crippen LogP contribution is 2.35. The van der Waals surface area contributed by atoms with Crippen molar-refractivity contribution >= 4 is 5.91 Å². The summed E-state index contributed by atoms with van der Waals surface area (Å²) in [7, 11) is 0. The average Bonchev–Trinajstić information content (AvgIpc) is 2.99. The summed E-state index contributed by atoms with van der Waals surface area (Å²) in [6, 6.07) is 0. The highest BCUT2D eigenvalue weighted by atomic mass is 16.8. The van der Waals surface area contributed by atoms with Crippen molar-refractivity contribution in [3.63, 3.8) is 0 Å². The molecule has 1 amide bonds. The third kappa shape index (κ3) is 2.61. The highest BCUT2D eigenvalue weighted by Gasteiger charge is 2.55. The Morgan fingerprint density at radius 1 is 1.35 bits per heavy atom. The van der Waals surface area contributed by atoms with Gasteiger partial charge in [0.2, 0.25) is 0 Å². The van der Waals surface area contributed by atoms with Gasteiger partial charge in [-0.2, -0.15) is 0 Å². The van der Waals surface area contributed by atoms with Gasteiger partial charge in [0.15, 0.2) is 11.9 Å². The van der Waals surface area contributed by atoms with Gasteiger partial charge in [0.05, 0.1) is 6.61 Å². The van der Waals surface area contributed by atoms with Gasteiger partial charge in [-0.05, 0) is 27.7 Å². The van der Waals surface area contributed by atoms with E-state index in [-0.39, 0.29) is 24.2 Å². The Hall–Kier alpha value is -0.650. The fraction of sp³-hybridized carbons (Fsp3) is 0.917. The molecule has 0 N–H and O–H groups in total. The topological polar surface area (TPSA) is 51.3 Å². The SMILES string of the molecule is CCN(CC)C(=O)[C@@H]1O[C@@H]1[C@H]1COC(C)(C)O1. The summed E-state index contributed by atoms with van der Waals surface area (Å²) in [5.74, 6) is -0.493. The van der Waals surface area contributed by atoms with Crippen LogP contribution in [0.15, 0.2) is 0 Å². The van der Waals surface area contributed by atoms with Gasteiger partial charge < -0.3 is 19.1 Å². The largest absolute Gasteiger partial charge is 0.356 e.